The Morgan fingerprint density at radius 1 is 1.29 bits per heavy atom. The van der Waals surface area contributed by atoms with E-state index in [9.17, 15) is 9.90 Å². The molecule has 2 aliphatic rings. The van der Waals surface area contributed by atoms with Gasteiger partial charge < -0.3 is 10.0 Å². The monoisotopic (exact) mass is 296 g/mol. The maximum atomic E-state index is 12.4. The highest BCUT2D eigenvalue weighted by Gasteiger charge is 2.31. The number of likely N-dealkylation sites (N-methyl/N-ethyl adjacent to an activating group) is 1. The second-order valence-corrected chi connectivity index (χ2v) is 7.56. The third-order valence-corrected chi connectivity index (χ3v) is 5.28. The molecule has 1 N–H and O–H groups in total. The minimum atomic E-state index is -0.0273. The topological polar surface area (TPSA) is 43.8 Å². The first-order valence-electron chi connectivity index (χ1n) is 8.60. The van der Waals surface area contributed by atoms with Crippen molar-refractivity contribution in [2.24, 2.45) is 11.3 Å². The zero-order chi connectivity index (χ0) is 15.3. The predicted molar refractivity (Wildman–Crippen MR) is 85.1 cm³/mol. The standard InChI is InChI=1S/C17H32N2O2/c1-17(14-20)9-6-10-19(13-17)12-16(21)18(2)11-15-7-4-3-5-8-15/h15,20H,3-14H2,1-2H3. The van der Waals surface area contributed by atoms with E-state index in [4.69, 9.17) is 0 Å². The highest BCUT2D eigenvalue weighted by molar-refractivity contribution is 5.78. The quantitative estimate of drug-likeness (QED) is 0.845. The number of rotatable bonds is 5. The van der Waals surface area contributed by atoms with Crippen LogP contribution < -0.4 is 0 Å². The summed E-state index contributed by atoms with van der Waals surface area (Å²) in [5.41, 5.74) is -0.0273. The summed E-state index contributed by atoms with van der Waals surface area (Å²) in [7, 11) is 1.95. The summed E-state index contributed by atoms with van der Waals surface area (Å²) in [5.74, 6) is 0.944. The molecule has 0 spiro atoms. The van der Waals surface area contributed by atoms with Crippen molar-refractivity contribution < 1.29 is 9.90 Å². The number of amides is 1. The molecule has 1 unspecified atom stereocenters. The summed E-state index contributed by atoms with van der Waals surface area (Å²) in [6, 6.07) is 0. The third kappa shape index (κ3) is 4.96. The van der Waals surface area contributed by atoms with E-state index >= 15 is 0 Å². The Balaban J connectivity index is 1.77. The smallest absolute Gasteiger partial charge is 0.236 e. The van der Waals surface area contributed by atoms with Crippen LogP contribution in [0.5, 0.6) is 0 Å². The van der Waals surface area contributed by atoms with Gasteiger partial charge in [0.25, 0.3) is 0 Å². The van der Waals surface area contributed by atoms with Crippen molar-refractivity contribution in [1.29, 1.82) is 0 Å². The molecule has 0 radical (unpaired) electrons. The summed E-state index contributed by atoms with van der Waals surface area (Å²) >= 11 is 0. The van der Waals surface area contributed by atoms with E-state index in [1.165, 1.54) is 32.1 Å². The number of aliphatic hydroxyl groups excluding tert-OH is 1. The van der Waals surface area contributed by atoms with Gasteiger partial charge in [0.1, 0.15) is 0 Å². The van der Waals surface area contributed by atoms with E-state index in [1.807, 2.05) is 11.9 Å². The molecule has 0 aromatic heterocycles. The second kappa shape index (κ2) is 7.59. The van der Waals surface area contributed by atoms with Crippen LogP contribution in [0.4, 0.5) is 0 Å². The Kier molecular flexibility index (Phi) is 6.06. The average Bonchev–Trinajstić information content (AvgIpc) is 2.48. The SMILES string of the molecule is CN(CC1CCCCC1)C(=O)CN1CCCC(C)(CO)C1. The number of carbonyl (C=O) groups is 1. The zero-order valence-electron chi connectivity index (χ0n) is 13.8. The molecule has 4 heteroatoms. The number of aliphatic hydroxyl groups is 1. The van der Waals surface area contributed by atoms with Crippen molar-refractivity contribution in [2.75, 3.05) is 39.8 Å². The molecule has 0 bridgehead atoms. The van der Waals surface area contributed by atoms with Gasteiger partial charge in [0.15, 0.2) is 0 Å². The fraction of sp³-hybridized carbons (Fsp3) is 0.941. The molecule has 1 atom stereocenters. The van der Waals surface area contributed by atoms with Gasteiger partial charge in [0.2, 0.25) is 5.91 Å². The molecule has 1 amide bonds. The first kappa shape index (κ1) is 16.8. The van der Waals surface area contributed by atoms with Crippen molar-refractivity contribution in [2.45, 2.75) is 51.9 Å². The van der Waals surface area contributed by atoms with Gasteiger partial charge in [0, 0.05) is 32.2 Å². The van der Waals surface area contributed by atoms with Crippen LogP contribution in [-0.2, 0) is 4.79 Å². The van der Waals surface area contributed by atoms with Crippen molar-refractivity contribution in [3.8, 4) is 0 Å². The van der Waals surface area contributed by atoms with E-state index in [1.54, 1.807) is 0 Å². The number of piperidine rings is 1. The van der Waals surface area contributed by atoms with Crippen LogP contribution in [0, 0.1) is 11.3 Å². The van der Waals surface area contributed by atoms with E-state index in [0.29, 0.717) is 12.5 Å². The lowest BCUT2D eigenvalue weighted by Gasteiger charge is -2.39. The van der Waals surface area contributed by atoms with Crippen molar-refractivity contribution in [3.05, 3.63) is 0 Å². The molecule has 122 valence electrons. The van der Waals surface area contributed by atoms with Gasteiger partial charge in [-0.25, -0.2) is 0 Å². The van der Waals surface area contributed by atoms with Crippen molar-refractivity contribution in [1.82, 2.24) is 9.80 Å². The van der Waals surface area contributed by atoms with E-state index in [2.05, 4.69) is 11.8 Å². The fourth-order valence-corrected chi connectivity index (χ4v) is 3.86. The molecule has 1 aliphatic carbocycles. The number of likely N-dealkylation sites (tertiary alicyclic amines) is 1. The molecule has 4 nitrogen and oxygen atoms in total. The van der Waals surface area contributed by atoms with Gasteiger partial charge in [-0.1, -0.05) is 26.2 Å². The largest absolute Gasteiger partial charge is 0.396 e. The number of carbonyl (C=O) groups excluding carboxylic acids is 1. The highest BCUT2D eigenvalue weighted by atomic mass is 16.3. The molecule has 2 fully saturated rings. The molecule has 21 heavy (non-hydrogen) atoms. The Hall–Kier alpha value is -0.610. The van der Waals surface area contributed by atoms with Crippen LogP contribution in [0.1, 0.15) is 51.9 Å². The van der Waals surface area contributed by atoms with E-state index in [0.717, 1.165) is 32.5 Å². The fourth-order valence-electron chi connectivity index (χ4n) is 3.86. The van der Waals surface area contributed by atoms with Crippen LogP contribution in [0.15, 0.2) is 0 Å². The molecule has 2 rings (SSSR count). The minimum absolute atomic E-state index is 0.0273. The van der Waals surface area contributed by atoms with E-state index < -0.39 is 0 Å². The molecular weight excluding hydrogens is 264 g/mol. The molecule has 1 saturated carbocycles. The van der Waals surface area contributed by atoms with Gasteiger partial charge in [-0.05, 0) is 38.1 Å². The normalized spacial score (nSPS) is 28.5. The summed E-state index contributed by atoms with van der Waals surface area (Å²) in [6.45, 7) is 5.60. The molecule has 0 aromatic rings. The lowest BCUT2D eigenvalue weighted by Crippen LogP contribution is -2.48. The summed E-state index contributed by atoms with van der Waals surface area (Å²) in [5, 5.41) is 9.51. The second-order valence-electron chi connectivity index (χ2n) is 7.56. The van der Waals surface area contributed by atoms with Crippen LogP contribution in [0.2, 0.25) is 0 Å². The Bertz CT molecular complexity index is 342. The first-order valence-corrected chi connectivity index (χ1v) is 8.60. The van der Waals surface area contributed by atoms with Crippen LogP contribution in [0.3, 0.4) is 0 Å². The molecule has 1 saturated heterocycles. The Morgan fingerprint density at radius 2 is 2.00 bits per heavy atom. The lowest BCUT2D eigenvalue weighted by molar-refractivity contribution is -0.132. The zero-order valence-corrected chi connectivity index (χ0v) is 13.8. The average molecular weight is 296 g/mol. The van der Waals surface area contributed by atoms with Gasteiger partial charge in [-0.3, -0.25) is 9.69 Å². The van der Waals surface area contributed by atoms with E-state index in [-0.39, 0.29) is 17.9 Å². The summed E-state index contributed by atoms with van der Waals surface area (Å²) in [4.78, 5) is 16.6. The van der Waals surface area contributed by atoms with Crippen LogP contribution >= 0.6 is 0 Å². The molecule has 0 aromatic carbocycles. The van der Waals surface area contributed by atoms with Gasteiger partial charge in [-0.2, -0.15) is 0 Å². The van der Waals surface area contributed by atoms with Gasteiger partial charge in [-0.15, -0.1) is 0 Å². The van der Waals surface area contributed by atoms with Gasteiger partial charge in [0.05, 0.1) is 6.54 Å². The summed E-state index contributed by atoms with van der Waals surface area (Å²) in [6.07, 6.45) is 8.72. The molecule has 1 heterocycles. The third-order valence-electron chi connectivity index (χ3n) is 5.28. The molecule has 1 aliphatic heterocycles. The van der Waals surface area contributed by atoms with Crippen LogP contribution in [-0.4, -0.2) is 60.6 Å². The van der Waals surface area contributed by atoms with Crippen molar-refractivity contribution >= 4 is 5.91 Å². The minimum Gasteiger partial charge on any atom is -0.396 e. The number of hydrogen-bond acceptors (Lipinski definition) is 3. The highest BCUT2D eigenvalue weighted by Crippen LogP contribution is 2.28. The Labute approximate surface area is 129 Å². The maximum Gasteiger partial charge on any atom is 0.236 e. The number of nitrogens with zero attached hydrogens (tertiary/aromatic N) is 2. The van der Waals surface area contributed by atoms with Crippen molar-refractivity contribution in [3.63, 3.8) is 0 Å². The van der Waals surface area contributed by atoms with Gasteiger partial charge >= 0.3 is 0 Å². The molecular formula is C17H32N2O2. The maximum absolute atomic E-state index is 12.4. The van der Waals surface area contributed by atoms with Crippen LogP contribution in [0.25, 0.3) is 0 Å². The first-order chi connectivity index (χ1) is 10.0. The summed E-state index contributed by atoms with van der Waals surface area (Å²) < 4.78 is 0. The Morgan fingerprint density at radius 3 is 2.67 bits per heavy atom. The lowest BCUT2D eigenvalue weighted by atomic mass is 9.83. The number of hydrogen-bond donors (Lipinski definition) is 1. The predicted octanol–water partition coefficient (Wildman–Crippen LogP) is 2.12.